The number of aromatic carboxylic acids is 1. The molecule has 0 saturated heterocycles. The number of benzene rings is 2. The van der Waals surface area contributed by atoms with Crippen LogP contribution in [0, 0.1) is 10.1 Å². The summed E-state index contributed by atoms with van der Waals surface area (Å²) >= 11 is 0. The summed E-state index contributed by atoms with van der Waals surface area (Å²) in [7, 11) is 0. The molecule has 0 aromatic heterocycles. The number of carboxylic acid groups (broad SMARTS) is 1. The normalized spacial score (nSPS) is 10.6. The third-order valence-corrected chi connectivity index (χ3v) is 2.56. The third-order valence-electron chi connectivity index (χ3n) is 2.56. The Balaban J connectivity index is 2.18. The molecule has 0 aliphatic heterocycles. The summed E-state index contributed by atoms with van der Waals surface area (Å²) in [5, 5.41) is 19.4. The monoisotopic (exact) mass is 270 g/mol. The van der Waals surface area contributed by atoms with E-state index in [1.807, 2.05) is 0 Å². The lowest BCUT2D eigenvalue weighted by Gasteiger charge is -1.97. The van der Waals surface area contributed by atoms with Gasteiger partial charge in [0.25, 0.3) is 5.69 Å². The van der Waals surface area contributed by atoms with Crippen LogP contribution in [0.25, 0.3) is 0 Å². The van der Waals surface area contributed by atoms with Gasteiger partial charge in [-0.2, -0.15) is 0 Å². The van der Waals surface area contributed by atoms with Gasteiger partial charge in [-0.1, -0.05) is 6.07 Å². The van der Waals surface area contributed by atoms with Crippen molar-refractivity contribution in [1.82, 2.24) is 0 Å². The second kappa shape index (κ2) is 5.75. The highest BCUT2D eigenvalue weighted by molar-refractivity contribution is 5.89. The second-order valence-corrected chi connectivity index (χ2v) is 3.96. The number of rotatable bonds is 4. The highest BCUT2D eigenvalue weighted by Crippen LogP contribution is 2.15. The summed E-state index contributed by atoms with van der Waals surface area (Å²) < 4.78 is 0. The molecule has 0 spiro atoms. The Morgan fingerprint density at radius 2 is 1.90 bits per heavy atom. The Kier molecular flexibility index (Phi) is 3.85. The molecule has 0 radical (unpaired) electrons. The van der Waals surface area contributed by atoms with Crippen molar-refractivity contribution in [2.24, 2.45) is 4.99 Å². The fourth-order valence-electron chi connectivity index (χ4n) is 1.55. The lowest BCUT2D eigenvalue weighted by molar-refractivity contribution is -0.384. The molecule has 2 rings (SSSR count). The van der Waals surface area contributed by atoms with Crippen molar-refractivity contribution in [2.45, 2.75) is 0 Å². The zero-order valence-corrected chi connectivity index (χ0v) is 10.3. The summed E-state index contributed by atoms with van der Waals surface area (Å²) in [5.41, 5.74) is 1.36. The van der Waals surface area contributed by atoms with Gasteiger partial charge in [0.1, 0.15) is 0 Å². The van der Waals surface area contributed by atoms with E-state index in [2.05, 4.69) is 4.99 Å². The van der Waals surface area contributed by atoms with E-state index < -0.39 is 10.9 Å². The van der Waals surface area contributed by atoms with Gasteiger partial charge in [0.15, 0.2) is 0 Å². The predicted octanol–water partition coefficient (Wildman–Crippen LogP) is 3.04. The van der Waals surface area contributed by atoms with Crippen molar-refractivity contribution < 1.29 is 14.8 Å². The Hall–Kier alpha value is -3.02. The summed E-state index contributed by atoms with van der Waals surface area (Å²) in [6.45, 7) is 0. The Bertz CT molecular complexity index is 678. The zero-order chi connectivity index (χ0) is 14.5. The largest absolute Gasteiger partial charge is 0.478 e. The Morgan fingerprint density at radius 1 is 1.20 bits per heavy atom. The zero-order valence-electron chi connectivity index (χ0n) is 10.3. The predicted molar refractivity (Wildman–Crippen MR) is 73.8 cm³/mol. The van der Waals surface area contributed by atoms with E-state index in [4.69, 9.17) is 5.11 Å². The van der Waals surface area contributed by atoms with Crippen LogP contribution in [0.3, 0.4) is 0 Å². The molecule has 0 heterocycles. The highest BCUT2D eigenvalue weighted by atomic mass is 16.6. The SMILES string of the molecule is O=C(O)c1cccc(N=Cc2ccc([N+](=O)[O-])cc2)c1. The number of nitro benzene ring substituents is 1. The van der Waals surface area contributed by atoms with Crippen molar-refractivity contribution in [1.29, 1.82) is 0 Å². The van der Waals surface area contributed by atoms with Crippen LogP contribution in [-0.4, -0.2) is 22.2 Å². The fourth-order valence-corrected chi connectivity index (χ4v) is 1.55. The number of nitro groups is 1. The molecule has 0 aliphatic carbocycles. The van der Waals surface area contributed by atoms with E-state index >= 15 is 0 Å². The van der Waals surface area contributed by atoms with Gasteiger partial charge in [0, 0.05) is 18.3 Å². The van der Waals surface area contributed by atoms with Crippen LogP contribution < -0.4 is 0 Å². The van der Waals surface area contributed by atoms with Crippen molar-refractivity contribution in [3.05, 3.63) is 69.8 Å². The molecule has 2 aromatic carbocycles. The van der Waals surface area contributed by atoms with Crippen LogP contribution in [0.5, 0.6) is 0 Å². The number of carboxylic acids is 1. The topological polar surface area (TPSA) is 92.8 Å². The molecular weight excluding hydrogens is 260 g/mol. The first-order valence-corrected chi connectivity index (χ1v) is 5.68. The minimum absolute atomic E-state index is 0.00928. The van der Waals surface area contributed by atoms with Crippen LogP contribution in [0.15, 0.2) is 53.5 Å². The van der Waals surface area contributed by atoms with E-state index in [-0.39, 0.29) is 11.3 Å². The van der Waals surface area contributed by atoms with Crippen molar-refractivity contribution >= 4 is 23.6 Å². The highest BCUT2D eigenvalue weighted by Gasteiger charge is 2.03. The van der Waals surface area contributed by atoms with Crippen molar-refractivity contribution in [3.8, 4) is 0 Å². The van der Waals surface area contributed by atoms with Crippen LogP contribution in [-0.2, 0) is 0 Å². The molecule has 0 fully saturated rings. The summed E-state index contributed by atoms with van der Waals surface area (Å²) in [6, 6.07) is 12.1. The smallest absolute Gasteiger partial charge is 0.335 e. The minimum atomic E-state index is -1.02. The second-order valence-electron chi connectivity index (χ2n) is 3.96. The van der Waals surface area contributed by atoms with Crippen molar-refractivity contribution in [2.75, 3.05) is 0 Å². The number of hydrogen-bond acceptors (Lipinski definition) is 4. The lowest BCUT2D eigenvalue weighted by atomic mass is 10.2. The summed E-state index contributed by atoms with van der Waals surface area (Å²) in [4.78, 5) is 25.0. The molecule has 0 aliphatic rings. The number of nitrogens with zero attached hydrogens (tertiary/aromatic N) is 2. The quantitative estimate of drug-likeness (QED) is 0.525. The lowest BCUT2D eigenvalue weighted by Crippen LogP contribution is -1.94. The molecule has 0 unspecified atom stereocenters. The van der Waals surface area contributed by atoms with Crippen LogP contribution in [0.2, 0.25) is 0 Å². The molecule has 1 N–H and O–H groups in total. The number of hydrogen-bond donors (Lipinski definition) is 1. The van der Waals surface area contributed by atoms with Crippen LogP contribution in [0.4, 0.5) is 11.4 Å². The maximum Gasteiger partial charge on any atom is 0.335 e. The molecule has 100 valence electrons. The first kappa shape index (κ1) is 13.4. The van der Waals surface area contributed by atoms with Gasteiger partial charge in [-0.3, -0.25) is 15.1 Å². The molecule has 0 atom stereocenters. The third kappa shape index (κ3) is 3.26. The van der Waals surface area contributed by atoms with Gasteiger partial charge in [-0.05, 0) is 35.9 Å². The standard InChI is InChI=1S/C14H10N2O4/c17-14(18)11-2-1-3-12(8-11)15-9-10-4-6-13(7-5-10)16(19)20/h1-9H,(H,17,18). The van der Waals surface area contributed by atoms with Gasteiger partial charge < -0.3 is 5.11 Å². The summed E-state index contributed by atoms with van der Waals surface area (Å²) in [6.07, 6.45) is 1.52. The number of non-ortho nitro benzene ring substituents is 1. The average Bonchev–Trinajstić information content (AvgIpc) is 2.46. The Labute approximate surface area is 114 Å². The molecule has 6 nitrogen and oxygen atoms in total. The maximum absolute atomic E-state index is 10.8. The van der Waals surface area contributed by atoms with E-state index in [1.54, 1.807) is 24.3 Å². The van der Waals surface area contributed by atoms with Crippen LogP contribution >= 0.6 is 0 Å². The maximum atomic E-state index is 10.8. The molecular formula is C14H10N2O4. The molecule has 0 amide bonds. The fraction of sp³-hybridized carbons (Fsp3) is 0. The number of carbonyl (C=O) groups is 1. The van der Waals surface area contributed by atoms with Gasteiger partial charge in [-0.25, -0.2) is 4.79 Å². The van der Waals surface area contributed by atoms with E-state index in [1.165, 1.54) is 30.5 Å². The average molecular weight is 270 g/mol. The van der Waals surface area contributed by atoms with Crippen LogP contribution in [0.1, 0.15) is 15.9 Å². The van der Waals surface area contributed by atoms with Crippen molar-refractivity contribution in [3.63, 3.8) is 0 Å². The molecule has 20 heavy (non-hydrogen) atoms. The van der Waals surface area contributed by atoms with Gasteiger partial charge in [0.05, 0.1) is 16.2 Å². The first-order valence-electron chi connectivity index (χ1n) is 5.68. The summed E-state index contributed by atoms with van der Waals surface area (Å²) in [5.74, 6) is -1.02. The van der Waals surface area contributed by atoms with Gasteiger partial charge in [-0.15, -0.1) is 0 Å². The van der Waals surface area contributed by atoms with E-state index in [0.717, 1.165) is 0 Å². The first-order chi connectivity index (χ1) is 9.56. The molecule has 0 bridgehead atoms. The van der Waals surface area contributed by atoms with E-state index in [0.29, 0.717) is 11.3 Å². The minimum Gasteiger partial charge on any atom is -0.478 e. The molecule has 2 aromatic rings. The molecule has 0 saturated carbocycles. The Morgan fingerprint density at radius 3 is 2.50 bits per heavy atom. The van der Waals surface area contributed by atoms with E-state index in [9.17, 15) is 14.9 Å². The number of aliphatic imine (C=N–C) groups is 1. The van der Waals surface area contributed by atoms with Gasteiger partial charge in [0.2, 0.25) is 0 Å². The van der Waals surface area contributed by atoms with Gasteiger partial charge >= 0.3 is 5.97 Å². The molecule has 6 heteroatoms.